The van der Waals surface area contributed by atoms with Gasteiger partial charge in [-0.2, -0.15) is 10.2 Å². The first-order chi connectivity index (χ1) is 18.5. The SMILES string of the molecule is [2H]C([2H])([2H])n1ncc2c(F)c(-n3ccn(-c4c5c(nn4-c4cc(C)c(F)c(Cl)c4)CCN[C@H]5C)c3=O)ccc21. The number of hydrogen-bond acceptors (Lipinski definition) is 4. The van der Waals surface area contributed by atoms with Gasteiger partial charge in [-0.05, 0) is 43.7 Å². The van der Waals surface area contributed by atoms with Crippen molar-refractivity contribution < 1.29 is 12.9 Å². The minimum Gasteiger partial charge on any atom is -0.310 e. The van der Waals surface area contributed by atoms with Crippen molar-refractivity contribution >= 4 is 22.5 Å². The van der Waals surface area contributed by atoms with Gasteiger partial charge in [0.25, 0.3) is 0 Å². The molecule has 0 radical (unpaired) electrons. The fourth-order valence-corrected chi connectivity index (χ4v) is 5.07. The average Bonchev–Trinajstić information content (AvgIpc) is 3.58. The maximum absolute atomic E-state index is 15.6. The van der Waals surface area contributed by atoms with Crippen LogP contribution in [-0.4, -0.2) is 35.2 Å². The number of nitrogens with zero attached hydrogens (tertiary/aromatic N) is 6. The lowest BCUT2D eigenvalue weighted by atomic mass is 10.0. The summed E-state index contributed by atoms with van der Waals surface area (Å²) in [4.78, 5) is 13.8. The fraction of sp³-hybridized carbons (Fsp3) is 0.240. The van der Waals surface area contributed by atoms with Crippen LogP contribution in [0.4, 0.5) is 8.78 Å². The Kier molecular flexibility index (Phi) is 4.39. The van der Waals surface area contributed by atoms with Crippen LogP contribution in [0.2, 0.25) is 5.02 Å². The molecule has 5 aromatic rings. The Morgan fingerprint density at radius 3 is 2.78 bits per heavy atom. The molecule has 0 unspecified atom stereocenters. The number of aryl methyl sites for hydroxylation is 2. The molecular formula is C25H22ClF2N7O. The first kappa shape index (κ1) is 19.4. The number of rotatable bonds is 3. The third-order valence-electron chi connectivity index (χ3n) is 6.59. The van der Waals surface area contributed by atoms with Gasteiger partial charge in [0.2, 0.25) is 0 Å². The number of fused-ring (bicyclic) bond motifs is 2. The summed E-state index contributed by atoms with van der Waals surface area (Å²) in [5.74, 6) is -0.897. The van der Waals surface area contributed by atoms with Crippen LogP contribution in [-0.2, 0) is 13.4 Å². The molecule has 11 heteroatoms. The maximum atomic E-state index is 15.6. The predicted octanol–water partition coefficient (Wildman–Crippen LogP) is 4.15. The van der Waals surface area contributed by atoms with Gasteiger partial charge in [0, 0.05) is 48.1 Å². The highest BCUT2D eigenvalue weighted by molar-refractivity contribution is 6.31. The highest BCUT2D eigenvalue weighted by Crippen LogP contribution is 2.32. The Morgan fingerprint density at radius 2 is 2.00 bits per heavy atom. The molecule has 0 bridgehead atoms. The van der Waals surface area contributed by atoms with E-state index in [0.717, 1.165) is 26.7 Å². The van der Waals surface area contributed by atoms with Crippen molar-refractivity contribution in [1.82, 2.24) is 34.0 Å². The summed E-state index contributed by atoms with van der Waals surface area (Å²) in [6.45, 7) is 1.65. The minimum absolute atomic E-state index is 0.0278. The number of halogens is 3. The molecule has 1 aliphatic heterocycles. The Hall–Kier alpha value is -3.76. The van der Waals surface area contributed by atoms with Gasteiger partial charge in [-0.3, -0.25) is 13.8 Å². The first-order valence-corrected chi connectivity index (χ1v) is 11.6. The third kappa shape index (κ3) is 3.25. The second kappa shape index (κ2) is 8.14. The van der Waals surface area contributed by atoms with Crippen molar-refractivity contribution in [2.45, 2.75) is 26.3 Å². The van der Waals surface area contributed by atoms with Crippen LogP contribution in [0.25, 0.3) is 28.1 Å². The molecule has 0 amide bonds. The smallest absolute Gasteiger partial charge is 0.310 e. The zero-order chi connectivity index (χ0) is 27.8. The zero-order valence-corrected chi connectivity index (χ0v) is 20.0. The molecule has 36 heavy (non-hydrogen) atoms. The Labute approximate surface area is 213 Å². The van der Waals surface area contributed by atoms with E-state index in [0.29, 0.717) is 30.0 Å². The Morgan fingerprint density at radius 1 is 1.19 bits per heavy atom. The molecule has 0 saturated heterocycles. The highest BCUT2D eigenvalue weighted by Gasteiger charge is 2.29. The third-order valence-corrected chi connectivity index (χ3v) is 6.86. The van der Waals surface area contributed by atoms with Crippen molar-refractivity contribution in [2.24, 2.45) is 6.98 Å². The molecule has 0 saturated carbocycles. The second-order valence-electron chi connectivity index (χ2n) is 8.79. The number of benzene rings is 2. The standard InChI is InChI=1S/C25H22ClF2N7O/c1-13-10-15(11-17(26)22(13)27)35-24(21-14(2)29-7-6-18(21)31-35)34-9-8-33(25(34)36)20-5-4-19-16(23(20)28)12-30-32(19)3/h4-5,8-12,14,29H,6-7H2,1-3H3/t14-/m0/s1/i3D3. The van der Waals surface area contributed by atoms with Gasteiger partial charge in [0.1, 0.15) is 11.6 Å². The van der Waals surface area contributed by atoms with E-state index in [1.54, 1.807) is 17.7 Å². The average molecular weight is 513 g/mol. The van der Waals surface area contributed by atoms with Crippen LogP contribution in [0.5, 0.6) is 0 Å². The van der Waals surface area contributed by atoms with Crippen LogP contribution < -0.4 is 11.0 Å². The number of hydrogen-bond donors (Lipinski definition) is 1. The predicted molar refractivity (Wildman–Crippen MR) is 133 cm³/mol. The van der Waals surface area contributed by atoms with Crippen molar-refractivity contribution in [3.8, 4) is 17.2 Å². The quantitative estimate of drug-likeness (QED) is 0.394. The summed E-state index contributed by atoms with van der Waals surface area (Å²) in [6, 6.07) is 5.65. The van der Waals surface area contributed by atoms with E-state index < -0.39 is 24.3 Å². The van der Waals surface area contributed by atoms with Crippen LogP contribution in [0, 0.1) is 18.6 Å². The zero-order valence-electron chi connectivity index (χ0n) is 22.3. The van der Waals surface area contributed by atoms with Gasteiger partial charge in [-0.25, -0.2) is 18.3 Å². The van der Waals surface area contributed by atoms with E-state index in [9.17, 15) is 9.18 Å². The molecular weight excluding hydrogens is 488 g/mol. The number of aromatic nitrogens is 6. The van der Waals surface area contributed by atoms with Gasteiger partial charge in [0.15, 0.2) is 5.82 Å². The van der Waals surface area contributed by atoms with Crippen LogP contribution >= 0.6 is 11.6 Å². The largest absolute Gasteiger partial charge is 0.338 e. The molecule has 8 nitrogen and oxygen atoms in total. The normalized spacial score (nSPS) is 17.1. The van der Waals surface area contributed by atoms with Crippen molar-refractivity contribution in [3.63, 3.8) is 0 Å². The molecule has 0 aliphatic carbocycles. The molecule has 184 valence electrons. The van der Waals surface area contributed by atoms with E-state index in [1.807, 2.05) is 6.92 Å². The highest BCUT2D eigenvalue weighted by atomic mass is 35.5. The molecule has 0 spiro atoms. The summed E-state index contributed by atoms with van der Waals surface area (Å²) in [6.07, 6.45) is 4.67. The summed E-state index contributed by atoms with van der Waals surface area (Å²) in [5, 5.41) is 11.8. The molecule has 1 atom stereocenters. The van der Waals surface area contributed by atoms with Gasteiger partial charge in [0.05, 0.1) is 39.2 Å². The first-order valence-electron chi connectivity index (χ1n) is 12.8. The van der Waals surface area contributed by atoms with Crippen LogP contribution in [0.1, 0.15) is 33.9 Å². The lowest BCUT2D eigenvalue weighted by Gasteiger charge is -2.21. The van der Waals surface area contributed by atoms with Crippen molar-refractivity contribution in [3.05, 3.63) is 86.8 Å². The minimum atomic E-state index is -2.58. The van der Waals surface area contributed by atoms with E-state index in [-0.39, 0.29) is 27.7 Å². The summed E-state index contributed by atoms with van der Waals surface area (Å²) in [5.41, 5.74) is 1.79. The van der Waals surface area contributed by atoms with Crippen LogP contribution in [0.3, 0.4) is 0 Å². The molecule has 3 aromatic heterocycles. The summed E-state index contributed by atoms with van der Waals surface area (Å²) in [7, 11) is 0. The molecule has 1 N–H and O–H groups in total. The molecule has 1 aliphatic rings. The van der Waals surface area contributed by atoms with E-state index >= 15 is 4.39 Å². The fourth-order valence-electron chi connectivity index (χ4n) is 4.81. The Bertz CT molecular complexity index is 1810. The van der Waals surface area contributed by atoms with Gasteiger partial charge >= 0.3 is 5.69 Å². The Balaban J connectivity index is 1.55. The van der Waals surface area contributed by atoms with Crippen LogP contribution in [0.15, 0.2) is 47.7 Å². The van der Waals surface area contributed by atoms with Gasteiger partial charge in [-0.1, -0.05) is 11.6 Å². The topological polar surface area (TPSA) is 74.6 Å². The molecule has 0 fully saturated rings. The number of imidazole rings is 1. The van der Waals surface area contributed by atoms with E-state index in [1.165, 1.54) is 35.2 Å². The van der Waals surface area contributed by atoms with Crippen molar-refractivity contribution in [2.75, 3.05) is 6.54 Å². The second-order valence-corrected chi connectivity index (χ2v) is 9.20. The lowest BCUT2D eigenvalue weighted by Crippen LogP contribution is -2.30. The van der Waals surface area contributed by atoms with E-state index in [2.05, 4.69) is 10.4 Å². The van der Waals surface area contributed by atoms with E-state index in [4.69, 9.17) is 20.8 Å². The maximum Gasteiger partial charge on any atom is 0.338 e. The monoisotopic (exact) mass is 512 g/mol. The molecule has 2 aromatic carbocycles. The van der Waals surface area contributed by atoms with Gasteiger partial charge in [-0.15, -0.1) is 0 Å². The summed E-state index contributed by atoms with van der Waals surface area (Å²) >= 11 is 6.15. The van der Waals surface area contributed by atoms with Crippen molar-refractivity contribution in [1.29, 1.82) is 0 Å². The molecule has 6 rings (SSSR count). The molecule has 4 heterocycles. The van der Waals surface area contributed by atoms with Gasteiger partial charge < -0.3 is 5.32 Å². The summed E-state index contributed by atoms with van der Waals surface area (Å²) < 4.78 is 57.6. The lowest BCUT2D eigenvalue weighted by molar-refractivity contribution is 0.536. The number of nitrogens with one attached hydrogen (secondary N) is 1.